The molecule has 4 heteroatoms. The predicted octanol–water partition coefficient (Wildman–Crippen LogP) is 5.48. The van der Waals surface area contributed by atoms with E-state index in [9.17, 15) is 0 Å². The molecule has 0 bridgehead atoms. The minimum Gasteiger partial charge on any atom is -0.455 e. The van der Waals surface area contributed by atoms with Crippen molar-refractivity contribution in [3.8, 4) is 11.5 Å². The van der Waals surface area contributed by atoms with Crippen LogP contribution in [0.15, 0.2) is 40.9 Å². The third kappa shape index (κ3) is 4.47. The molecule has 2 aromatic carbocycles. The van der Waals surface area contributed by atoms with Gasteiger partial charge in [0.2, 0.25) is 0 Å². The molecule has 0 radical (unpaired) electrons. The van der Waals surface area contributed by atoms with Crippen LogP contribution in [0.5, 0.6) is 11.5 Å². The highest BCUT2D eigenvalue weighted by atomic mass is 79.9. The first kappa shape index (κ1) is 16.3. The molecule has 112 valence electrons. The van der Waals surface area contributed by atoms with E-state index in [0.29, 0.717) is 10.8 Å². The summed E-state index contributed by atoms with van der Waals surface area (Å²) in [7, 11) is 0. The first-order chi connectivity index (χ1) is 9.99. The Hall–Kier alpha value is -1.03. The van der Waals surface area contributed by atoms with Gasteiger partial charge < -0.3 is 10.5 Å². The Bertz CT molecular complexity index is 630. The summed E-state index contributed by atoms with van der Waals surface area (Å²) in [4.78, 5) is 0. The third-order valence-electron chi connectivity index (χ3n) is 3.39. The second-order valence-corrected chi connectivity index (χ2v) is 6.47. The van der Waals surface area contributed by atoms with Gasteiger partial charge >= 0.3 is 0 Å². The van der Waals surface area contributed by atoms with Crippen molar-refractivity contribution in [3.63, 3.8) is 0 Å². The second kappa shape index (κ2) is 7.30. The molecular weight excluding hydrogens is 350 g/mol. The summed E-state index contributed by atoms with van der Waals surface area (Å²) >= 11 is 9.61. The smallest absolute Gasteiger partial charge is 0.147 e. The van der Waals surface area contributed by atoms with E-state index >= 15 is 0 Å². The van der Waals surface area contributed by atoms with Gasteiger partial charge in [-0.3, -0.25) is 0 Å². The van der Waals surface area contributed by atoms with Crippen molar-refractivity contribution in [2.24, 2.45) is 5.73 Å². The van der Waals surface area contributed by atoms with Crippen molar-refractivity contribution in [3.05, 3.63) is 57.0 Å². The average Bonchev–Trinajstić information content (AvgIpc) is 2.46. The zero-order chi connectivity index (χ0) is 15.4. The van der Waals surface area contributed by atoms with Crippen molar-refractivity contribution in [2.75, 3.05) is 0 Å². The van der Waals surface area contributed by atoms with E-state index in [-0.39, 0.29) is 6.04 Å². The van der Waals surface area contributed by atoms with Crippen molar-refractivity contribution in [2.45, 2.75) is 32.7 Å². The number of hydrogen-bond donors (Lipinski definition) is 1. The van der Waals surface area contributed by atoms with Gasteiger partial charge in [0.1, 0.15) is 11.5 Å². The van der Waals surface area contributed by atoms with Gasteiger partial charge in [-0.1, -0.05) is 46.6 Å². The molecule has 21 heavy (non-hydrogen) atoms. The van der Waals surface area contributed by atoms with Crippen LogP contribution in [0.4, 0.5) is 0 Å². The maximum Gasteiger partial charge on any atom is 0.147 e. The lowest BCUT2D eigenvalue weighted by Gasteiger charge is -2.14. The van der Waals surface area contributed by atoms with Gasteiger partial charge in [0.15, 0.2) is 0 Å². The third-order valence-corrected chi connectivity index (χ3v) is 4.19. The molecule has 2 aromatic rings. The highest BCUT2D eigenvalue weighted by molar-refractivity contribution is 9.10. The summed E-state index contributed by atoms with van der Waals surface area (Å²) in [5.74, 6) is 1.46. The average molecular weight is 369 g/mol. The highest BCUT2D eigenvalue weighted by Gasteiger charge is 2.09. The van der Waals surface area contributed by atoms with Crippen LogP contribution in [0.1, 0.15) is 24.5 Å². The summed E-state index contributed by atoms with van der Waals surface area (Å²) in [5, 5.41) is 0.591. The molecule has 0 saturated heterocycles. The van der Waals surface area contributed by atoms with Crippen LogP contribution in [0.2, 0.25) is 5.02 Å². The number of rotatable bonds is 5. The van der Waals surface area contributed by atoms with Crippen LogP contribution < -0.4 is 10.5 Å². The Morgan fingerprint density at radius 1 is 1.19 bits per heavy atom. The summed E-state index contributed by atoms with van der Waals surface area (Å²) in [5.41, 5.74) is 8.27. The molecule has 0 aliphatic rings. The van der Waals surface area contributed by atoms with Crippen molar-refractivity contribution in [1.29, 1.82) is 0 Å². The number of halogens is 2. The number of nitrogens with two attached hydrogens (primary N) is 1. The lowest BCUT2D eigenvalue weighted by molar-refractivity contribution is 0.477. The van der Waals surface area contributed by atoms with E-state index in [4.69, 9.17) is 22.1 Å². The zero-order valence-corrected chi connectivity index (χ0v) is 14.5. The zero-order valence-electron chi connectivity index (χ0n) is 12.2. The van der Waals surface area contributed by atoms with Crippen LogP contribution in [0.25, 0.3) is 0 Å². The monoisotopic (exact) mass is 367 g/mol. The molecule has 1 atom stereocenters. The molecule has 2 nitrogen and oxygen atoms in total. The van der Waals surface area contributed by atoms with Crippen molar-refractivity contribution in [1.82, 2.24) is 0 Å². The topological polar surface area (TPSA) is 35.2 Å². The number of ether oxygens (including phenoxy) is 1. The molecule has 0 aromatic heterocycles. The Balaban J connectivity index is 2.26. The van der Waals surface area contributed by atoms with E-state index in [1.165, 1.54) is 5.56 Å². The molecule has 0 amide bonds. The van der Waals surface area contributed by atoms with E-state index < -0.39 is 0 Å². The summed E-state index contributed by atoms with van der Waals surface area (Å²) < 4.78 is 6.91. The van der Waals surface area contributed by atoms with E-state index in [0.717, 1.165) is 28.6 Å². The van der Waals surface area contributed by atoms with Crippen LogP contribution in [0, 0.1) is 6.92 Å². The number of hydrogen-bond acceptors (Lipinski definition) is 2. The fraction of sp³-hybridized carbons (Fsp3) is 0.294. The Kier molecular flexibility index (Phi) is 5.68. The van der Waals surface area contributed by atoms with Gasteiger partial charge in [0.05, 0.1) is 5.02 Å². The quantitative estimate of drug-likeness (QED) is 0.758. The van der Waals surface area contributed by atoms with E-state index in [1.807, 2.05) is 31.2 Å². The van der Waals surface area contributed by atoms with Crippen LogP contribution >= 0.6 is 27.5 Å². The first-order valence-corrected chi connectivity index (χ1v) is 8.14. The maximum atomic E-state index is 6.18. The van der Waals surface area contributed by atoms with Gasteiger partial charge in [0.25, 0.3) is 0 Å². The van der Waals surface area contributed by atoms with Gasteiger partial charge in [-0.25, -0.2) is 0 Å². The van der Waals surface area contributed by atoms with Crippen molar-refractivity contribution >= 4 is 27.5 Å². The number of aryl methyl sites for hydroxylation is 1. The van der Waals surface area contributed by atoms with Crippen LogP contribution in [-0.2, 0) is 6.42 Å². The SMILES string of the molecule is CCC(N)Cc1ccc(C)c(Oc2cc(Br)ccc2Cl)c1. The van der Waals surface area contributed by atoms with E-state index in [2.05, 4.69) is 35.0 Å². The lowest BCUT2D eigenvalue weighted by Crippen LogP contribution is -2.21. The lowest BCUT2D eigenvalue weighted by atomic mass is 10.0. The molecule has 0 fully saturated rings. The molecule has 0 aliphatic heterocycles. The van der Waals surface area contributed by atoms with Crippen LogP contribution in [0.3, 0.4) is 0 Å². The summed E-state index contributed by atoms with van der Waals surface area (Å²) in [6.07, 6.45) is 1.81. The number of benzene rings is 2. The van der Waals surface area contributed by atoms with Gasteiger partial charge in [-0.05, 0) is 55.2 Å². The predicted molar refractivity (Wildman–Crippen MR) is 92.4 cm³/mol. The fourth-order valence-electron chi connectivity index (χ4n) is 2.00. The minimum absolute atomic E-state index is 0.176. The minimum atomic E-state index is 0.176. The normalized spacial score (nSPS) is 12.2. The van der Waals surface area contributed by atoms with Crippen LogP contribution in [-0.4, -0.2) is 6.04 Å². The van der Waals surface area contributed by atoms with Gasteiger partial charge in [-0.15, -0.1) is 0 Å². The van der Waals surface area contributed by atoms with E-state index in [1.54, 1.807) is 0 Å². The molecule has 2 N–H and O–H groups in total. The van der Waals surface area contributed by atoms with Gasteiger partial charge in [-0.2, -0.15) is 0 Å². The second-order valence-electron chi connectivity index (χ2n) is 5.15. The Morgan fingerprint density at radius 3 is 2.67 bits per heavy atom. The Labute approximate surface area is 139 Å². The Morgan fingerprint density at radius 2 is 1.95 bits per heavy atom. The summed E-state index contributed by atoms with van der Waals surface area (Å²) in [6, 6.07) is 11.9. The summed E-state index contributed by atoms with van der Waals surface area (Å²) in [6.45, 7) is 4.11. The molecule has 0 saturated carbocycles. The molecule has 0 aliphatic carbocycles. The molecule has 0 spiro atoms. The standard InChI is InChI=1S/C17H19BrClNO/c1-3-14(20)8-12-5-4-11(2)16(9-12)21-17-10-13(18)6-7-15(17)19/h4-7,9-10,14H,3,8,20H2,1-2H3. The fourth-order valence-corrected chi connectivity index (χ4v) is 2.50. The molecule has 0 heterocycles. The largest absolute Gasteiger partial charge is 0.455 e. The highest BCUT2D eigenvalue weighted by Crippen LogP contribution is 2.33. The first-order valence-electron chi connectivity index (χ1n) is 6.97. The van der Waals surface area contributed by atoms with Crippen molar-refractivity contribution < 1.29 is 4.74 Å². The molecular formula is C17H19BrClNO. The maximum absolute atomic E-state index is 6.18. The molecule has 2 rings (SSSR count). The molecule has 1 unspecified atom stereocenters. The van der Waals surface area contributed by atoms with Gasteiger partial charge in [0, 0.05) is 10.5 Å².